The fourth-order valence-electron chi connectivity index (χ4n) is 1.50. The van der Waals surface area contributed by atoms with Gasteiger partial charge in [0, 0.05) is 25.3 Å². The summed E-state index contributed by atoms with van der Waals surface area (Å²) >= 11 is 0. The molecule has 1 aromatic rings. The fraction of sp³-hybridized carbons (Fsp3) is 0.455. The van der Waals surface area contributed by atoms with E-state index < -0.39 is 20.6 Å². The first-order valence-electron chi connectivity index (χ1n) is 5.88. The van der Waals surface area contributed by atoms with Crippen molar-refractivity contribution < 1.29 is 13.3 Å². The molecular formula is C11H17N3O4S. The number of unbranched alkanes of at least 4 members (excludes halogenated alkanes) is 1. The molecule has 0 amide bonds. The molecule has 1 aromatic carbocycles. The van der Waals surface area contributed by atoms with Gasteiger partial charge in [0.25, 0.3) is 5.69 Å². The summed E-state index contributed by atoms with van der Waals surface area (Å²) in [6.07, 6.45) is 1.52. The molecule has 19 heavy (non-hydrogen) atoms. The van der Waals surface area contributed by atoms with E-state index in [0.717, 1.165) is 6.42 Å². The Balaban J connectivity index is 3.15. The van der Waals surface area contributed by atoms with Crippen LogP contribution in [0.15, 0.2) is 23.1 Å². The van der Waals surface area contributed by atoms with Gasteiger partial charge in [0.05, 0.1) is 4.92 Å². The average molecular weight is 287 g/mol. The number of nitrogens with one attached hydrogen (secondary N) is 2. The number of rotatable bonds is 7. The van der Waals surface area contributed by atoms with Crippen LogP contribution in [0.25, 0.3) is 0 Å². The summed E-state index contributed by atoms with van der Waals surface area (Å²) in [6.45, 7) is 2.20. The predicted molar refractivity (Wildman–Crippen MR) is 72.7 cm³/mol. The normalized spacial score (nSPS) is 11.3. The Kier molecular flexibility index (Phi) is 5.25. The summed E-state index contributed by atoms with van der Waals surface area (Å²) < 4.78 is 26.3. The van der Waals surface area contributed by atoms with Gasteiger partial charge in [0.15, 0.2) is 4.90 Å². The predicted octanol–water partition coefficient (Wildman–Crippen LogP) is 1.71. The molecule has 8 heteroatoms. The lowest BCUT2D eigenvalue weighted by molar-refractivity contribution is -0.387. The van der Waals surface area contributed by atoms with Crippen molar-refractivity contribution in [2.24, 2.45) is 0 Å². The van der Waals surface area contributed by atoms with Crippen LogP contribution in [0.1, 0.15) is 19.8 Å². The first-order chi connectivity index (χ1) is 8.92. The van der Waals surface area contributed by atoms with E-state index in [1.54, 1.807) is 7.05 Å². The van der Waals surface area contributed by atoms with E-state index in [2.05, 4.69) is 10.0 Å². The maximum atomic E-state index is 12.0. The highest BCUT2D eigenvalue weighted by molar-refractivity contribution is 7.89. The third-order valence-corrected chi connectivity index (χ3v) is 4.06. The Morgan fingerprint density at radius 1 is 1.37 bits per heavy atom. The van der Waals surface area contributed by atoms with Crippen molar-refractivity contribution in [1.82, 2.24) is 4.72 Å². The molecule has 1 rings (SSSR count). The van der Waals surface area contributed by atoms with Crippen LogP contribution in [0.5, 0.6) is 0 Å². The summed E-state index contributed by atoms with van der Waals surface area (Å²) in [5.41, 5.74) is 0.0510. The van der Waals surface area contributed by atoms with Crippen molar-refractivity contribution in [2.75, 3.05) is 18.9 Å². The minimum absolute atomic E-state index is 0.268. The van der Waals surface area contributed by atoms with E-state index in [1.807, 2.05) is 6.92 Å². The standard InChI is InChI=1S/C11H17N3O4S/c1-3-4-7-13-19(17,18)11-6-5-9(12-2)8-10(11)14(15)16/h5-6,8,12-13H,3-4,7H2,1-2H3. The molecule has 0 aliphatic carbocycles. The number of benzene rings is 1. The van der Waals surface area contributed by atoms with Crippen molar-refractivity contribution in [3.05, 3.63) is 28.3 Å². The molecule has 0 spiro atoms. The van der Waals surface area contributed by atoms with Gasteiger partial charge in [-0.25, -0.2) is 13.1 Å². The summed E-state index contributed by atoms with van der Waals surface area (Å²) in [5, 5.41) is 13.7. The number of hydrogen-bond acceptors (Lipinski definition) is 5. The van der Waals surface area contributed by atoms with Gasteiger partial charge in [-0.1, -0.05) is 13.3 Å². The molecule has 7 nitrogen and oxygen atoms in total. The minimum Gasteiger partial charge on any atom is -0.388 e. The van der Waals surface area contributed by atoms with Gasteiger partial charge in [-0.05, 0) is 18.6 Å². The third-order valence-electron chi connectivity index (χ3n) is 2.56. The quantitative estimate of drug-likeness (QED) is 0.451. The largest absolute Gasteiger partial charge is 0.388 e. The SMILES string of the molecule is CCCCNS(=O)(=O)c1ccc(NC)cc1[N+](=O)[O-]. The van der Waals surface area contributed by atoms with E-state index >= 15 is 0 Å². The van der Waals surface area contributed by atoms with Crippen molar-refractivity contribution >= 4 is 21.4 Å². The van der Waals surface area contributed by atoms with Gasteiger partial charge in [-0.2, -0.15) is 0 Å². The molecule has 0 saturated carbocycles. The molecule has 0 saturated heterocycles. The molecule has 0 aromatic heterocycles. The Labute approximate surface area is 112 Å². The summed E-state index contributed by atoms with van der Waals surface area (Å²) in [4.78, 5) is 9.94. The Bertz CT molecular complexity index is 557. The van der Waals surface area contributed by atoms with Crippen LogP contribution < -0.4 is 10.0 Å². The maximum absolute atomic E-state index is 12.0. The third kappa shape index (κ3) is 3.90. The zero-order valence-corrected chi connectivity index (χ0v) is 11.7. The van der Waals surface area contributed by atoms with Gasteiger partial charge >= 0.3 is 0 Å². The molecule has 0 aliphatic heterocycles. The lowest BCUT2D eigenvalue weighted by atomic mass is 10.3. The van der Waals surface area contributed by atoms with E-state index in [-0.39, 0.29) is 11.4 Å². The van der Waals surface area contributed by atoms with Gasteiger partial charge in [-0.3, -0.25) is 10.1 Å². The number of nitro benzene ring substituents is 1. The second-order valence-electron chi connectivity index (χ2n) is 3.94. The number of hydrogen-bond donors (Lipinski definition) is 2. The molecule has 0 heterocycles. The van der Waals surface area contributed by atoms with Crippen LogP contribution >= 0.6 is 0 Å². The molecule has 0 bridgehead atoms. The molecule has 0 fully saturated rings. The van der Waals surface area contributed by atoms with Crippen molar-refractivity contribution in [2.45, 2.75) is 24.7 Å². The van der Waals surface area contributed by atoms with Gasteiger partial charge in [0.1, 0.15) is 0 Å². The summed E-state index contributed by atoms with van der Waals surface area (Å²) in [7, 11) is -2.25. The smallest absolute Gasteiger partial charge is 0.291 e. The second kappa shape index (κ2) is 6.48. The highest BCUT2D eigenvalue weighted by atomic mass is 32.2. The molecule has 0 aliphatic rings. The molecule has 0 atom stereocenters. The average Bonchev–Trinajstić information content (AvgIpc) is 2.38. The number of nitro groups is 1. The molecular weight excluding hydrogens is 270 g/mol. The van der Waals surface area contributed by atoms with Gasteiger partial charge < -0.3 is 5.32 Å². The Morgan fingerprint density at radius 3 is 2.58 bits per heavy atom. The molecule has 106 valence electrons. The summed E-state index contributed by atoms with van der Waals surface area (Å²) in [6, 6.07) is 3.92. The first-order valence-corrected chi connectivity index (χ1v) is 7.36. The molecule has 2 N–H and O–H groups in total. The fourth-order valence-corrected chi connectivity index (χ4v) is 2.73. The Morgan fingerprint density at radius 2 is 2.05 bits per heavy atom. The highest BCUT2D eigenvalue weighted by Gasteiger charge is 2.25. The van der Waals surface area contributed by atoms with Crippen molar-refractivity contribution in [3.63, 3.8) is 0 Å². The van der Waals surface area contributed by atoms with Crippen LogP contribution in [-0.4, -0.2) is 26.9 Å². The van der Waals surface area contributed by atoms with Crippen LogP contribution in [0.3, 0.4) is 0 Å². The van der Waals surface area contributed by atoms with E-state index in [1.165, 1.54) is 18.2 Å². The minimum atomic E-state index is -3.85. The van der Waals surface area contributed by atoms with E-state index in [4.69, 9.17) is 0 Å². The van der Waals surface area contributed by atoms with E-state index in [9.17, 15) is 18.5 Å². The zero-order chi connectivity index (χ0) is 14.5. The van der Waals surface area contributed by atoms with E-state index in [0.29, 0.717) is 12.1 Å². The molecule has 0 unspecified atom stereocenters. The lowest BCUT2D eigenvalue weighted by Crippen LogP contribution is -2.25. The number of sulfonamides is 1. The van der Waals surface area contributed by atoms with Crippen LogP contribution in [-0.2, 0) is 10.0 Å². The topological polar surface area (TPSA) is 101 Å². The monoisotopic (exact) mass is 287 g/mol. The zero-order valence-electron chi connectivity index (χ0n) is 10.8. The van der Waals surface area contributed by atoms with Crippen molar-refractivity contribution in [3.8, 4) is 0 Å². The summed E-state index contributed by atoms with van der Waals surface area (Å²) in [5.74, 6) is 0. The lowest BCUT2D eigenvalue weighted by Gasteiger charge is -2.08. The number of anilines is 1. The molecule has 0 radical (unpaired) electrons. The van der Waals surface area contributed by atoms with Crippen LogP contribution in [0.2, 0.25) is 0 Å². The van der Waals surface area contributed by atoms with Gasteiger partial charge in [-0.15, -0.1) is 0 Å². The first kappa shape index (κ1) is 15.4. The second-order valence-corrected chi connectivity index (χ2v) is 5.68. The Hall–Kier alpha value is -1.67. The highest BCUT2D eigenvalue weighted by Crippen LogP contribution is 2.26. The van der Waals surface area contributed by atoms with Gasteiger partial charge in [0.2, 0.25) is 10.0 Å². The number of nitrogens with zero attached hydrogens (tertiary/aromatic N) is 1. The van der Waals surface area contributed by atoms with Crippen LogP contribution in [0.4, 0.5) is 11.4 Å². The van der Waals surface area contributed by atoms with Crippen molar-refractivity contribution in [1.29, 1.82) is 0 Å². The maximum Gasteiger partial charge on any atom is 0.291 e. The van der Waals surface area contributed by atoms with Crippen LogP contribution in [0, 0.1) is 10.1 Å².